The molecule has 1 amide bonds. The molecule has 0 fully saturated rings. The van der Waals surface area contributed by atoms with Gasteiger partial charge in [-0.05, 0) is 24.3 Å². The van der Waals surface area contributed by atoms with Crippen LogP contribution < -0.4 is 10.1 Å². The van der Waals surface area contributed by atoms with Crippen molar-refractivity contribution in [1.29, 1.82) is 0 Å². The van der Waals surface area contributed by atoms with Gasteiger partial charge in [0.15, 0.2) is 11.5 Å². The number of nitrogens with one attached hydrogen (secondary N) is 2. The molecule has 2 N–H and O–H groups in total. The quantitative estimate of drug-likeness (QED) is 0.668. The number of hydrogen-bond donors (Lipinski definition) is 2. The first-order valence-electron chi connectivity index (χ1n) is 6.67. The van der Waals surface area contributed by atoms with Gasteiger partial charge in [0.05, 0.1) is 5.69 Å². The van der Waals surface area contributed by atoms with Crippen LogP contribution in [0, 0.1) is 0 Å². The Bertz CT molecular complexity index is 877. The predicted molar refractivity (Wildman–Crippen MR) is 82.0 cm³/mol. The molecule has 4 rings (SSSR count). The molecule has 1 aromatic heterocycles. The second-order valence-electron chi connectivity index (χ2n) is 4.85. The van der Waals surface area contributed by atoms with Crippen LogP contribution in [-0.4, -0.2) is 10.9 Å². The van der Waals surface area contributed by atoms with Crippen molar-refractivity contribution < 1.29 is 9.53 Å². The van der Waals surface area contributed by atoms with E-state index in [1.165, 1.54) is 0 Å². The van der Waals surface area contributed by atoms with Crippen LogP contribution in [0.1, 0.15) is 5.56 Å². The van der Waals surface area contributed by atoms with Gasteiger partial charge in [0.1, 0.15) is 0 Å². The van der Waals surface area contributed by atoms with Crippen molar-refractivity contribution in [1.82, 2.24) is 4.98 Å². The summed E-state index contributed by atoms with van der Waals surface area (Å²) in [5, 5.41) is 3.88. The van der Waals surface area contributed by atoms with E-state index in [1.807, 2.05) is 54.7 Å². The molecule has 102 valence electrons. The number of amides is 1. The Morgan fingerprint density at radius 2 is 1.81 bits per heavy atom. The van der Waals surface area contributed by atoms with Crippen LogP contribution in [0.4, 0.5) is 5.69 Å². The van der Waals surface area contributed by atoms with Crippen molar-refractivity contribution in [3.63, 3.8) is 0 Å². The summed E-state index contributed by atoms with van der Waals surface area (Å²) < 4.78 is 5.70. The van der Waals surface area contributed by atoms with Gasteiger partial charge in [-0.3, -0.25) is 4.79 Å². The molecule has 0 spiro atoms. The minimum absolute atomic E-state index is 0.237. The van der Waals surface area contributed by atoms with E-state index in [-0.39, 0.29) is 5.91 Å². The fourth-order valence-corrected chi connectivity index (χ4v) is 2.46. The molecule has 1 aliphatic rings. The Morgan fingerprint density at radius 1 is 1.00 bits per heavy atom. The van der Waals surface area contributed by atoms with Gasteiger partial charge in [0.2, 0.25) is 0 Å². The molecule has 2 aromatic carbocycles. The van der Waals surface area contributed by atoms with E-state index < -0.39 is 0 Å². The standard InChI is InChI=1S/C17H12N2O2/c20-17-16(21-15-8-4-3-7-14(15)19-17)9-11-10-18-13-6-2-1-5-12(11)13/h1-10,18H,(H,19,20). The summed E-state index contributed by atoms with van der Waals surface area (Å²) in [6.07, 6.45) is 3.62. The minimum atomic E-state index is -0.237. The number of ether oxygens (including phenoxy) is 1. The first-order chi connectivity index (χ1) is 10.3. The molecule has 0 aliphatic carbocycles. The van der Waals surface area contributed by atoms with Crippen molar-refractivity contribution >= 4 is 28.6 Å². The third-order valence-corrected chi connectivity index (χ3v) is 3.49. The van der Waals surface area contributed by atoms with Gasteiger partial charge >= 0.3 is 0 Å². The number of benzene rings is 2. The monoisotopic (exact) mass is 276 g/mol. The number of carbonyl (C=O) groups is 1. The van der Waals surface area contributed by atoms with Crippen LogP contribution in [0.3, 0.4) is 0 Å². The number of rotatable bonds is 1. The van der Waals surface area contributed by atoms with E-state index >= 15 is 0 Å². The second kappa shape index (κ2) is 4.52. The number of fused-ring (bicyclic) bond motifs is 2. The van der Waals surface area contributed by atoms with Gasteiger partial charge in [-0.15, -0.1) is 0 Å². The Morgan fingerprint density at radius 3 is 2.76 bits per heavy atom. The summed E-state index contributed by atoms with van der Waals surface area (Å²) in [6.45, 7) is 0. The van der Waals surface area contributed by atoms with Crippen LogP contribution in [0.2, 0.25) is 0 Å². The molecule has 4 nitrogen and oxygen atoms in total. The van der Waals surface area contributed by atoms with Crippen LogP contribution in [0.15, 0.2) is 60.5 Å². The van der Waals surface area contributed by atoms with Crippen LogP contribution in [0.5, 0.6) is 5.75 Å². The van der Waals surface area contributed by atoms with Crippen LogP contribution in [-0.2, 0) is 4.79 Å². The van der Waals surface area contributed by atoms with Gasteiger partial charge in [-0.1, -0.05) is 30.3 Å². The Balaban J connectivity index is 1.78. The van der Waals surface area contributed by atoms with Crippen LogP contribution in [0.25, 0.3) is 17.0 Å². The molecule has 0 radical (unpaired) electrons. The molecule has 0 atom stereocenters. The lowest BCUT2D eigenvalue weighted by Gasteiger charge is -2.19. The predicted octanol–water partition coefficient (Wildman–Crippen LogP) is 3.54. The average Bonchev–Trinajstić information content (AvgIpc) is 2.91. The minimum Gasteiger partial charge on any atom is -0.449 e. The normalized spacial score (nSPS) is 15.6. The zero-order chi connectivity index (χ0) is 14.2. The lowest BCUT2D eigenvalue weighted by atomic mass is 10.1. The fraction of sp³-hybridized carbons (Fsp3) is 0. The summed E-state index contributed by atoms with van der Waals surface area (Å²) in [5.74, 6) is 0.709. The van der Waals surface area contributed by atoms with Gasteiger partial charge in [0.25, 0.3) is 5.91 Å². The highest BCUT2D eigenvalue weighted by Crippen LogP contribution is 2.31. The average molecular weight is 276 g/mol. The smallest absolute Gasteiger partial charge is 0.291 e. The molecule has 0 saturated heterocycles. The molecule has 2 heterocycles. The van der Waals surface area contributed by atoms with E-state index in [9.17, 15) is 4.79 Å². The highest BCUT2D eigenvalue weighted by Gasteiger charge is 2.21. The third-order valence-electron chi connectivity index (χ3n) is 3.49. The number of hydrogen-bond acceptors (Lipinski definition) is 2. The summed E-state index contributed by atoms with van der Waals surface area (Å²) in [5.41, 5.74) is 2.65. The summed E-state index contributed by atoms with van der Waals surface area (Å²) in [6, 6.07) is 15.3. The number of aromatic amines is 1. The molecule has 0 saturated carbocycles. The van der Waals surface area contributed by atoms with E-state index in [2.05, 4.69) is 10.3 Å². The zero-order valence-corrected chi connectivity index (χ0v) is 11.1. The number of aromatic nitrogens is 1. The SMILES string of the molecule is O=C1Nc2ccccc2OC1=Cc1c[nH]c2ccccc12. The first kappa shape index (κ1) is 11.8. The van der Waals surface area contributed by atoms with E-state index in [1.54, 1.807) is 6.08 Å². The molecular weight excluding hydrogens is 264 g/mol. The van der Waals surface area contributed by atoms with Crippen molar-refractivity contribution in [3.05, 3.63) is 66.1 Å². The lowest BCUT2D eigenvalue weighted by Crippen LogP contribution is -2.23. The van der Waals surface area contributed by atoms with E-state index in [0.29, 0.717) is 17.2 Å². The summed E-state index contributed by atoms with van der Waals surface area (Å²) in [4.78, 5) is 15.3. The molecule has 0 bridgehead atoms. The zero-order valence-electron chi connectivity index (χ0n) is 11.1. The second-order valence-corrected chi connectivity index (χ2v) is 4.85. The molecule has 0 unspecified atom stereocenters. The van der Waals surface area contributed by atoms with Gasteiger partial charge in [-0.2, -0.15) is 0 Å². The third kappa shape index (κ3) is 1.97. The van der Waals surface area contributed by atoms with E-state index in [0.717, 1.165) is 16.5 Å². The summed E-state index contributed by atoms with van der Waals surface area (Å²) >= 11 is 0. The van der Waals surface area contributed by atoms with Gasteiger partial charge in [-0.25, -0.2) is 0 Å². The molecule has 4 heteroatoms. The maximum Gasteiger partial charge on any atom is 0.291 e. The maximum atomic E-state index is 12.1. The van der Waals surface area contributed by atoms with Crippen molar-refractivity contribution in [2.24, 2.45) is 0 Å². The Hall–Kier alpha value is -3.01. The number of para-hydroxylation sites is 3. The van der Waals surface area contributed by atoms with E-state index in [4.69, 9.17) is 4.74 Å². The van der Waals surface area contributed by atoms with Crippen LogP contribution >= 0.6 is 0 Å². The van der Waals surface area contributed by atoms with Crippen molar-refractivity contribution in [2.75, 3.05) is 5.32 Å². The lowest BCUT2D eigenvalue weighted by molar-refractivity contribution is -0.115. The molecule has 1 aliphatic heterocycles. The fourth-order valence-electron chi connectivity index (χ4n) is 2.46. The molecular formula is C17H12N2O2. The molecule has 21 heavy (non-hydrogen) atoms. The molecule has 3 aromatic rings. The van der Waals surface area contributed by atoms with Crippen molar-refractivity contribution in [3.8, 4) is 5.75 Å². The summed E-state index contributed by atoms with van der Waals surface area (Å²) in [7, 11) is 0. The number of anilines is 1. The van der Waals surface area contributed by atoms with Gasteiger partial charge < -0.3 is 15.0 Å². The highest BCUT2D eigenvalue weighted by molar-refractivity contribution is 6.09. The number of carbonyl (C=O) groups excluding carboxylic acids is 1. The van der Waals surface area contributed by atoms with Gasteiger partial charge in [0, 0.05) is 22.7 Å². The maximum absolute atomic E-state index is 12.1. The Kier molecular flexibility index (Phi) is 2.54. The largest absolute Gasteiger partial charge is 0.449 e. The number of H-pyrrole nitrogens is 1. The highest BCUT2D eigenvalue weighted by atomic mass is 16.5. The Labute approximate surface area is 121 Å². The first-order valence-corrected chi connectivity index (χ1v) is 6.67. The van der Waals surface area contributed by atoms with Crippen molar-refractivity contribution in [2.45, 2.75) is 0 Å². The topological polar surface area (TPSA) is 54.1 Å².